The molecule has 0 bridgehead atoms. The first-order valence-corrected chi connectivity index (χ1v) is 8.82. The normalized spacial score (nSPS) is 10.9. The van der Waals surface area contributed by atoms with Crippen molar-refractivity contribution < 1.29 is 14.3 Å². The number of unbranched alkanes of at least 4 members (excludes halogenated alkanes) is 4. The lowest BCUT2D eigenvalue weighted by atomic mass is 10.1. The molecule has 0 atom stereocenters. The second kappa shape index (κ2) is 12.7. The number of rotatable bonds is 12. The molecule has 0 spiro atoms. The van der Waals surface area contributed by atoms with Gasteiger partial charge in [0.15, 0.2) is 0 Å². The van der Waals surface area contributed by atoms with E-state index in [1.54, 1.807) is 0 Å². The number of para-hydroxylation sites is 1. The van der Waals surface area contributed by atoms with Crippen LogP contribution in [0, 0.1) is 0 Å². The lowest BCUT2D eigenvalue weighted by molar-refractivity contribution is -0.143. The molecule has 0 unspecified atom stereocenters. The fourth-order valence-corrected chi connectivity index (χ4v) is 2.28. The number of hydrogen-bond donors (Lipinski definition) is 0. The van der Waals surface area contributed by atoms with Crippen LogP contribution in [0.3, 0.4) is 0 Å². The average molecular weight is 318 g/mol. The summed E-state index contributed by atoms with van der Waals surface area (Å²) in [6.07, 6.45) is 11.7. The molecule has 0 radical (unpaired) electrons. The quantitative estimate of drug-likeness (QED) is 0.383. The zero-order valence-electron chi connectivity index (χ0n) is 14.6. The molecule has 0 aliphatic carbocycles. The molecule has 128 valence electrons. The summed E-state index contributed by atoms with van der Waals surface area (Å²) in [7, 11) is 0. The molecule has 1 aromatic rings. The fraction of sp³-hybridized carbons (Fsp3) is 0.550. The molecule has 0 fully saturated rings. The molecule has 0 aliphatic rings. The van der Waals surface area contributed by atoms with E-state index >= 15 is 0 Å². The molecule has 23 heavy (non-hydrogen) atoms. The Morgan fingerprint density at radius 2 is 1.91 bits per heavy atom. The SMILES string of the molecule is CCCCCC/C=C\c1ccccc1OCCCC(=O)OCC. The van der Waals surface area contributed by atoms with Gasteiger partial charge in [-0.15, -0.1) is 0 Å². The van der Waals surface area contributed by atoms with Crippen molar-refractivity contribution in [2.45, 2.75) is 58.8 Å². The van der Waals surface area contributed by atoms with E-state index in [4.69, 9.17) is 9.47 Å². The summed E-state index contributed by atoms with van der Waals surface area (Å²) in [5, 5.41) is 0. The molecule has 0 saturated heterocycles. The van der Waals surface area contributed by atoms with Crippen LogP contribution in [0.4, 0.5) is 0 Å². The number of ether oxygens (including phenoxy) is 2. The number of carbonyl (C=O) groups is 1. The molecule has 3 heteroatoms. The van der Waals surface area contributed by atoms with Crippen molar-refractivity contribution in [2.75, 3.05) is 13.2 Å². The van der Waals surface area contributed by atoms with Crippen molar-refractivity contribution in [3.05, 3.63) is 35.9 Å². The largest absolute Gasteiger partial charge is 0.493 e. The minimum absolute atomic E-state index is 0.156. The molecular formula is C20H30O3. The molecule has 1 rings (SSSR count). The monoisotopic (exact) mass is 318 g/mol. The Morgan fingerprint density at radius 3 is 2.70 bits per heavy atom. The van der Waals surface area contributed by atoms with E-state index in [0.29, 0.717) is 26.1 Å². The van der Waals surface area contributed by atoms with Crippen LogP contribution in [0.5, 0.6) is 5.75 Å². The molecular weight excluding hydrogens is 288 g/mol. The molecule has 0 aromatic heterocycles. The van der Waals surface area contributed by atoms with Gasteiger partial charge in [0.2, 0.25) is 0 Å². The zero-order valence-corrected chi connectivity index (χ0v) is 14.6. The molecule has 0 saturated carbocycles. The summed E-state index contributed by atoms with van der Waals surface area (Å²) >= 11 is 0. The van der Waals surface area contributed by atoms with E-state index in [0.717, 1.165) is 17.7 Å². The Hall–Kier alpha value is -1.77. The van der Waals surface area contributed by atoms with Crippen LogP contribution >= 0.6 is 0 Å². The summed E-state index contributed by atoms with van der Waals surface area (Å²) in [4.78, 5) is 11.3. The smallest absolute Gasteiger partial charge is 0.305 e. The van der Waals surface area contributed by atoms with Gasteiger partial charge in [0.25, 0.3) is 0 Å². The van der Waals surface area contributed by atoms with E-state index in [9.17, 15) is 4.79 Å². The summed E-state index contributed by atoms with van der Waals surface area (Å²) in [5.74, 6) is 0.720. The van der Waals surface area contributed by atoms with E-state index in [1.807, 2.05) is 25.1 Å². The third kappa shape index (κ3) is 9.07. The Morgan fingerprint density at radius 1 is 1.09 bits per heavy atom. The summed E-state index contributed by atoms with van der Waals surface area (Å²) in [6, 6.07) is 8.02. The van der Waals surface area contributed by atoms with Crippen molar-refractivity contribution in [2.24, 2.45) is 0 Å². The average Bonchev–Trinajstić information content (AvgIpc) is 2.56. The fourth-order valence-electron chi connectivity index (χ4n) is 2.28. The molecule has 1 aromatic carbocycles. The van der Waals surface area contributed by atoms with Gasteiger partial charge < -0.3 is 9.47 Å². The van der Waals surface area contributed by atoms with Gasteiger partial charge in [-0.2, -0.15) is 0 Å². The van der Waals surface area contributed by atoms with Gasteiger partial charge in [0.1, 0.15) is 5.75 Å². The van der Waals surface area contributed by atoms with Crippen molar-refractivity contribution >= 4 is 12.0 Å². The maximum absolute atomic E-state index is 11.3. The van der Waals surface area contributed by atoms with Gasteiger partial charge in [0, 0.05) is 12.0 Å². The second-order valence-electron chi connectivity index (χ2n) is 5.55. The van der Waals surface area contributed by atoms with Crippen LogP contribution in [0.25, 0.3) is 6.08 Å². The first kappa shape index (κ1) is 19.3. The lowest BCUT2D eigenvalue weighted by Crippen LogP contribution is -2.07. The number of carbonyl (C=O) groups excluding carboxylic acids is 1. The van der Waals surface area contributed by atoms with Crippen LogP contribution in [0.15, 0.2) is 30.3 Å². The van der Waals surface area contributed by atoms with Crippen LogP contribution in [-0.2, 0) is 9.53 Å². The van der Waals surface area contributed by atoms with Crippen LogP contribution < -0.4 is 4.74 Å². The lowest BCUT2D eigenvalue weighted by Gasteiger charge is -2.09. The molecule has 3 nitrogen and oxygen atoms in total. The topological polar surface area (TPSA) is 35.5 Å². The highest BCUT2D eigenvalue weighted by Crippen LogP contribution is 2.20. The molecule has 0 amide bonds. The van der Waals surface area contributed by atoms with Gasteiger partial charge in [-0.3, -0.25) is 4.79 Å². The van der Waals surface area contributed by atoms with Crippen molar-refractivity contribution in [1.29, 1.82) is 0 Å². The van der Waals surface area contributed by atoms with E-state index in [-0.39, 0.29) is 5.97 Å². The Bertz CT molecular complexity index is 466. The minimum Gasteiger partial charge on any atom is -0.493 e. The van der Waals surface area contributed by atoms with E-state index < -0.39 is 0 Å². The summed E-state index contributed by atoms with van der Waals surface area (Å²) in [5.41, 5.74) is 1.10. The maximum atomic E-state index is 11.3. The molecule has 0 N–H and O–H groups in total. The zero-order chi connectivity index (χ0) is 16.8. The maximum Gasteiger partial charge on any atom is 0.305 e. The third-order valence-corrected chi connectivity index (χ3v) is 3.53. The predicted octanol–water partition coefficient (Wildman–Crippen LogP) is 5.39. The first-order valence-electron chi connectivity index (χ1n) is 8.82. The number of hydrogen-bond acceptors (Lipinski definition) is 3. The standard InChI is InChI=1S/C20H30O3/c1-3-5-6-7-8-9-13-18-14-10-11-15-19(18)23-17-12-16-20(21)22-4-2/h9-11,13-15H,3-8,12,16-17H2,1-2H3/b13-9-. The van der Waals surface area contributed by atoms with Gasteiger partial charge in [0.05, 0.1) is 13.2 Å². The Labute approximate surface area is 140 Å². The number of esters is 1. The first-order chi connectivity index (χ1) is 11.3. The predicted molar refractivity (Wildman–Crippen MR) is 95.6 cm³/mol. The van der Waals surface area contributed by atoms with Crippen LogP contribution in [0.2, 0.25) is 0 Å². The van der Waals surface area contributed by atoms with Gasteiger partial charge in [-0.05, 0) is 32.3 Å². The van der Waals surface area contributed by atoms with Crippen LogP contribution in [-0.4, -0.2) is 19.2 Å². The Kier molecular flexibility index (Phi) is 10.7. The summed E-state index contributed by atoms with van der Waals surface area (Å²) < 4.78 is 10.7. The highest BCUT2D eigenvalue weighted by Gasteiger charge is 2.03. The highest BCUT2D eigenvalue weighted by molar-refractivity contribution is 5.69. The number of benzene rings is 1. The Balaban J connectivity index is 2.35. The molecule has 0 heterocycles. The van der Waals surface area contributed by atoms with Crippen molar-refractivity contribution in [1.82, 2.24) is 0 Å². The third-order valence-electron chi connectivity index (χ3n) is 3.53. The van der Waals surface area contributed by atoms with E-state index in [2.05, 4.69) is 25.1 Å². The van der Waals surface area contributed by atoms with Gasteiger partial charge in [-0.1, -0.05) is 56.5 Å². The summed E-state index contributed by atoms with van der Waals surface area (Å²) in [6.45, 7) is 5.01. The van der Waals surface area contributed by atoms with E-state index in [1.165, 1.54) is 25.7 Å². The second-order valence-corrected chi connectivity index (χ2v) is 5.55. The minimum atomic E-state index is -0.156. The van der Waals surface area contributed by atoms with Gasteiger partial charge >= 0.3 is 5.97 Å². The number of allylic oxidation sites excluding steroid dienone is 1. The van der Waals surface area contributed by atoms with Crippen LogP contribution in [0.1, 0.15) is 64.4 Å². The van der Waals surface area contributed by atoms with Gasteiger partial charge in [-0.25, -0.2) is 0 Å². The van der Waals surface area contributed by atoms with Crippen molar-refractivity contribution in [3.8, 4) is 5.75 Å². The van der Waals surface area contributed by atoms with Crippen molar-refractivity contribution in [3.63, 3.8) is 0 Å². The highest BCUT2D eigenvalue weighted by atomic mass is 16.5. The molecule has 0 aliphatic heterocycles.